The predicted octanol–water partition coefficient (Wildman–Crippen LogP) is 1.54. The number of benzene rings is 1. The van der Waals surface area contributed by atoms with Gasteiger partial charge in [0.05, 0.1) is 36.8 Å². The summed E-state index contributed by atoms with van der Waals surface area (Å²) in [4.78, 5) is 13.9. The normalized spacial score (nSPS) is 10.4. The van der Waals surface area contributed by atoms with Crippen molar-refractivity contribution < 1.29 is 19.0 Å². The highest BCUT2D eigenvalue weighted by Crippen LogP contribution is 2.25. The SMILES string of the molecule is CCOC(=O)c1ccc(N)c(N(CCOC)CCOC)c1. The molecule has 0 aliphatic carbocycles. The van der Waals surface area contributed by atoms with Gasteiger partial charge in [-0.15, -0.1) is 0 Å². The number of carbonyl (C=O) groups is 1. The van der Waals surface area contributed by atoms with E-state index in [9.17, 15) is 4.79 Å². The van der Waals surface area contributed by atoms with E-state index in [2.05, 4.69) is 0 Å². The molecule has 0 aromatic heterocycles. The van der Waals surface area contributed by atoms with E-state index in [1.165, 1.54) is 0 Å². The predicted molar refractivity (Wildman–Crippen MR) is 82.8 cm³/mol. The first kappa shape index (κ1) is 17.3. The largest absolute Gasteiger partial charge is 0.462 e. The van der Waals surface area contributed by atoms with Crippen molar-refractivity contribution in [1.29, 1.82) is 0 Å². The lowest BCUT2D eigenvalue weighted by molar-refractivity contribution is 0.0526. The minimum atomic E-state index is -0.350. The lowest BCUT2D eigenvalue weighted by atomic mass is 10.1. The first-order valence-electron chi connectivity index (χ1n) is 6.93. The summed E-state index contributed by atoms with van der Waals surface area (Å²) in [5.41, 5.74) is 7.91. The molecule has 0 radical (unpaired) electrons. The second kappa shape index (κ2) is 9.20. The van der Waals surface area contributed by atoms with Crippen molar-refractivity contribution in [2.24, 2.45) is 0 Å². The molecule has 1 rings (SSSR count). The van der Waals surface area contributed by atoms with E-state index in [0.717, 1.165) is 5.69 Å². The topological polar surface area (TPSA) is 74.0 Å². The number of nitrogens with two attached hydrogens (primary N) is 1. The van der Waals surface area contributed by atoms with Gasteiger partial charge in [0.2, 0.25) is 0 Å². The molecular weight excluding hydrogens is 272 g/mol. The summed E-state index contributed by atoms with van der Waals surface area (Å²) in [5, 5.41) is 0. The molecule has 0 saturated carbocycles. The summed E-state index contributed by atoms with van der Waals surface area (Å²) in [6.07, 6.45) is 0. The van der Waals surface area contributed by atoms with Crippen LogP contribution in [0.15, 0.2) is 18.2 Å². The van der Waals surface area contributed by atoms with Gasteiger partial charge in [0.15, 0.2) is 0 Å². The van der Waals surface area contributed by atoms with Gasteiger partial charge in [-0.05, 0) is 25.1 Å². The highest BCUT2D eigenvalue weighted by atomic mass is 16.5. The first-order chi connectivity index (χ1) is 10.1. The highest BCUT2D eigenvalue weighted by Gasteiger charge is 2.14. The quantitative estimate of drug-likeness (QED) is 0.550. The van der Waals surface area contributed by atoms with Crippen molar-refractivity contribution in [2.45, 2.75) is 6.92 Å². The van der Waals surface area contributed by atoms with Crippen molar-refractivity contribution in [2.75, 3.05) is 57.8 Å². The fraction of sp³-hybridized carbons (Fsp3) is 0.533. The van der Waals surface area contributed by atoms with E-state index < -0.39 is 0 Å². The summed E-state index contributed by atoms with van der Waals surface area (Å²) in [6.45, 7) is 4.57. The molecule has 0 heterocycles. The number of nitrogens with zero attached hydrogens (tertiary/aromatic N) is 1. The maximum atomic E-state index is 11.8. The fourth-order valence-corrected chi connectivity index (χ4v) is 1.91. The second-order valence-electron chi connectivity index (χ2n) is 4.47. The number of nitrogen functional groups attached to an aromatic ring is 1. The Morgan fingerprint density at radius 1 is 1.19 bits per heavy atom. The van der Waals surface area contributed by atoms with Crippen molar-refractivity contribution >= 4 is 17.3 Å². The molecular formula is C15H24N2O4. The Kier molecular flexibility index (Phi) is 7.56. The molecule has 0 aliphatic heterocycles. The Labute approximate surface area is 125 Å². The third-order valence-corrected chi connectivity index (χ3v) is 3.01. The van der Waals surface area contributed by atoms with E-state index >= 15 is 0 Å². The number of rotatable bonds is 9. The maximum absolute atomic E-state index is 11.8. The number of anilines is 2. The van der Waals surface area contributed by atoms with Crippen LogP contribution in [0.3, 0.4) is 0 Å². The van der Waals surface area contributed by atoms with Crippen LogP contribution >= 0.6 is 0 Å². The molecule has 0 fully saturated rings. The molecule has 0 amide bonds. The van der Waals surface area contributed by atoms with Crippen molar-refractivity contribution in [3.8, 4) is 0 Å². The van der Waals surface area contributed by atoms with Gasteiger partial charge in [-0.2, -0.15) is 0 Å². The molecule has 2 N–H and O–H groups in total. The van der Waals surface area contributed by atoms with Gasteiger partial charge >= 0.3 is 5.97 Å². The minimum Gasteiger partial charge on any atom is -0.462 e. The van der Waals surface area contributed by atoms with Gasteiger partial charge < -0.3 is 24.8 Å². The smallest absolute Gasteiger partial charge is 0.338 e. The lowest BCUT2D eigenvalue weighted by Gasteiger charge is -2.26. The molecule has 1 aromatic carbocycles. The molecule has 0 aliphatic rings. The molecule has 0 bridgehead atoms. The zero-order valence-corrected chi connectivity index (χ0v) is 12.9. The Balaban J connectivity index is 2.98. The molecule has 0 saturated heterocycles. The van der Waals surface area contributed by atoms with Crippen LogP contribution in [0.5, 0.6) is 0 Å². The minimum absolute atomic E-state index is 0.343. The van der Waals surface area contributed by atoms with Gasteiger partial charge in [-0.1, -0.05) is 0 Å². The lowest BCUT2D eigenvalue weighted by Crippen LogP contribution is -2.31. The Morgan fingerprint density at radius 2 is 1.81 bits per heavy atom. The average molecular weight is 296 g/mol. The molecule has 0 spiro atoms. The molecule has 1 aromatic rings. The van der Waals surface area contributed by atoms with Gasteiger partial charge in [-0.25, -0.2) is 4.79 Å². The van der Waals surface area contributed by atoms with Crippen LogP contribution in [-0.2, 0) is 14.2 Å². The van der Waals surface area contributed by atoms with E-state index in [0.29, 0.717) is 44.2 Å². The van der Waals surface area contributed by atoms with Gasteiger partial charge in [0, 0.05) is 27.3 Å². The van der Waals surface area contributed by atoms with E-state index in [-0.39, 0.29) is 5.97 Å². The molecule has 6 nitrogen and oxygen atoms in total. The van der Waals surface area contributed by atoms with Crippen molar-refractivity contribution in [3.63, 3.8) is 0 Å². The molecule has 6 heteroatoms. The standard InChI is InChI=1S/C15H24N2O4/c1-4-21-15(18)12-5-6-13(16)14(11-12)17(7-9-19-2)8-10-20-3/h5-6,11H,4,7-10,16H2,1-3H3. The van der Waals surface area contributed by atoms with E-state index in [1.807, 2.05) is 4.90 Å². The van der Waals surface area contributed by atoms with E-state index in [4.69, 9.17) is 19.9 Å². The van der Waals surface area contributed by atoms with Crippen LogP contribution in [0.4, 0.5) is 11.4 Å². The van der Waals surface area contributed by atoms with Crippen LogP contribution in [0.2, 0.25) is 0 Å². The zero-order chi connectivity index (χ0) is 15.7. The highest BCUT2D eigenvalue weighted by molar-refractivity contribution is 5.92. The maximum Gasteiger partial charge on any atom is 0.338 e. The number of methoxy groups -OCH3 is 2. The molecule has 118 valence electrons. The average Bonchev–Trinajstić information content (AvgIpc) is 2.48. The number of ether oxygens (including phenoxy) is 3. The molecule has 0 atom stereocenters. The summed E-state index contributed by atoms with van der Waals surface area (Å²) >= 11 is 0. The monoisotopic (exact) mass is 296 g/mol. The fourth-order valence-electron chi connectivity index (χ4n) is 1.91. The van der Waals surface area contributed by atoms with E-state index in [1.54, 1.807) is 39.3 Å². The number of hydrogen-bond acceptors (Lipinski definition) is 6. The van der Waals surface area contributed by atoms with Crippen LogP contribution in [0, 0.1) is 0 Å². The van der Waals surface area contributed by atoms with Gasteiger partial charge in [-0.3, -0.25) is 0 Å². The van der Waals surface area contributed by atoms with Gasteiger partial charge in [0.1, 0.15) is 0 Å². The Hall–Kier alpha value is -1.79. The third kappa shape index (κ3) is 5.24. The zero-order valence-electron chi connectivity index (χ0n) is 12.9. The number of hydrogen-bond donors (Lipinski definition) is 1. The van der Waals surface area contributed by atoms with Crippen LogP contribution in [0.25, 0.3) is 0 Å². The Morgan fingerprint density at radius 3 is 2.33 bits per heavy atom. The molecule has 21 heavy (non-hydrogen) atoms. The number of esters is 1. The second-order valence-corrected chi connectivity index (χ2v) is 4.47. The van der Waals surface area contributed by atoms with Crippen molar-refractivity contribution in [3.05, 3.63) is 23.8 Å². The van der Waals surface area contributed by atoms with Gasteiger partial charge in [0.25, 0.3) is 0 Å². The number of carbonyl (C=O) groups excluding carboxylic acids is 1. The van der Waals surface area contributed by atoms with Crippen LogP contribution < -0.4 is 10.6 Å². The summed E-state index contributed by atoms with van der Waals surface area (Å²) < 4.78 is 15.2. The summed E-state index contributed by atoms with van der Waals surface area (Å²) in [7, 11) is 3.29. The summed E-state index contributed by atoms with van der Waals surface area (Å²) in [6, 6.07) is 5.13. The Bertz CT molecular complexity index is 443. The third-order valence-electron chi connectivity index (χ3n) is 3.01. The first-order valence-corrected chi connectivity index (χ1v) is 6.93. The van der Waals surface area contributed by atoms with Crippen LogP contribution in [0.1, 0.15) is 17.3 Å². The van der Waals surface area contributed by atoms with Crippen LogP contribution in [-0.4, -0.2) is 53.1 Å². The van der Waals surface area contributed by atoms with Crippen molar-refractivity contribution in [1.82, 2.24) is 0 Å². The summed E-state index contributed by atoms with van der Waals surface area (Å²) in [5.74, 6) is -0.350. The molecule has 0 unspecified atom stereocenters.